The fourth-order valence-corrected chi connectivity index (χ4v) is 0.534. The zero-order chi connectivity index (χ0) is 5.11. The molecule has 0 unspecified atom stereocenters. The summed E-state index contributed by atoms with van der Waals surface area (Å²) in [7, 11) is 0. The van der Waals surface area contributed by atoms with Crippen LogP contribution >= 0.6 is 0 Å². The van der Waals surface area contributed by atoms with Crippen molar-refractivity contribution in [1.29, 1.82) is 0 Å². The standard InChI is InChI=1S/C7H8.2Zr/c1-7-5-3-2-4-6-7;;/h2-6H,1H3;;. The van der Waals surface area contributed by atoms with Crippen LogP contribution in [-0.4, -0.2) is 0 Å². The number of benzene rings is 1. The van der Waals surface area contributed by atoms with Gasteiger partial charge in [0.05, 0.1) is 0 Å². The van der Waals surface area contributed by atoms with E-state index >= 15 is 0 Å². The van der Waals surface area contributed by atoms with E-state index in [0.29, 0.717) is 0 Å². The summed E-state index contributed by atoms with van der Waals surface area (Å²) < 4.78 is 0. The van der Waals surface area contributed by atoms with Crippen LogP contribution in [0.5, 0.6) is 0 Å². The van der Waals surface area contributed by atoms with E-state index in [2.05, 4.69) is 19.1 Å². The molecular weight excluding hydrogens is 267 g/mol. The fraction of sp³-hybridized carbons (Fsp3) is 0.143. The van der Waals surface area contributed by atoms with E-state index in [-0.39, 0.29) is 52.4 Å². The molecule has 0 nitrogen and oxygen atoms in total. The van der Waals surface area contributed by atoms with Crippen molar-refractivity contribution in [1.82, 2.24) is 0 Å². The number of hydrogen-bond acceptors (Lipinski definition) is 0. The maximum absolute atomic E-state index is 2.08. The Morgan fingerprint density at radius 2 is 1.33 bits per heavy atom. The third-order valence-corrected chi connectivity index (χ3v) is 0.940. The zero-order valence-corrected chi connectivity index (χ0v) is 10.3. The predicted octanol–water partition coefficient (Wildman–Crippen LogP) is 1.99. The Morgan fingerprint density at radius 3 is 1.56 bits per heavy atom. The molecule has 2 heteroatoms. The van der Waals surface area contributed by atoms with Crippen molar-refractivity contribution in [2.75, 3.05) is 0 Å². The molecule has 0 heterocycles. The molecule has 0 aliphatic heterocycles. The van der Waals surface area contributed by atoms with Gasteiger partial charge in [-0.15, -0.1) is 0 Å². The summed E-state index contributed by atoms with van der Waals surface area (Å²) >= 11 is 0. The Balaban J connectivity index is 0. The van der Waals surface area contributed by atoms with Gasteiger partial charge in [-0.2, -0.15) is 0 Å². The Kier molecular flexibility index (Phi) is 9.97. The van der Waals surface area contributed by atoms with Crippen molar-refractivity contribution < 1.29 is 52.4 Å². The van der Waals surface area contributed by atoms with Crippen molar-refractivity contribution in [3.05, 3.63) is 35.9 Å². The second-order valence-electron chi connectivity index (χ2n) is 1.65. The summed E-state index contributed by atoms with van der Waals surface area (Å²) in [4.78, 5) is 0. The first-order valence-corrected chi connectivity index (χ1v) is 2.41. The maximum atomic E-state index is 2.08. The zero-order valence-electron chi connectivity index (χ0n) is 5.39. The molecule has 44 valence electrons. The van der Waals surface area contributed by atoms with Gasteiger partial charge in [0.2, 0.25) is 0 Å². The second kappa shape index (κ2) is 7.10. The van der Waals surface area contributed by atoms with Crippen LogP contribution in [0.1, 0.15) is 5.56 Å². The van der Waals surface area contributed by atoms with Gasteiger partial charge in [0.25, 0.3) is 0 Å². The summed E-state index contributed by atoms with van der Waals surface area (Å²) in [6.07, 6.45) is 0. The van der Waals surface area contributed by atoms with Gasteiger partial charge in [-0.05, 0) is 6.92 Å². The largest absolute Gasteiger partial charge is 0.0622 e. The molecule has 0 aliphatic rings. The molecule has 1 aromatic rings. The Labute approximate surface area is 94.3 Å². The normalized spacial score (nSPS) is 6.78. The smallest absolute Gasteiger partial charge is 0 e. The molecule has 0 N–H and O–H groups in total. The summed E-state index contributed by atoms with van der Waals surface area (Å²) in [5.74, 6) is 0. The molecule has 1 rings (SSSR count). The van der Waals surface area contributed by atoms with Gasteiger partial charge in [0, 0.05) is 52.4 Å². The van der Waals surface area contributed by atoms with E-state index in [4.69, 9.17) is 0 Å². The average molecular weight is 275 g/mol. The number of hydrogen-bond donors (Lipinski definition) is 0. The predicted molar refractivity (Wildman–Crippen MR) is 31.2 cm³/mol. The molecule has 0 fully saturated rings. The van der Waals surface area contributed by atoms with Crippen molar-refractivity contribution in [3.63, 3.8) is 0 Å². The van der Waals surface area contributed by atoms with Crippen molar-refractivity contribution in [2.45, 2.75) is 6.92 Å². The first-order chi connectivity index (χ1) is 3.39. The Bertz CT molecular complexity index is 137. The van der Waals surface area contributed by atoms with E-state index in [9.17, 15) is 0 Å². The van der Waals surface area contributed by atoms with E-state index in [1.54, 1.807) is 0 Å². The van der Waals surface area contributed by atoms with Crippen molar-refractivity contribution in [3.8, 4) is 0 Å². The van der Waals surface area contributed by atoms with Gasteiger partial charge in [-0.3, -0.25) is 0 Å². The van der Waals surface area contributed by atoms with E-state index in [1.807, 2.05) is 18.2 Å². The molecule has 0 bridgehead atoms. The number of aryl methyl sites for hydroxylation is 1. The van der Waals surface area contributed by atoms with Gasteiger partial charge < -0.3 is 0 Å². The summed E-state index contributed by atoms with van der Waals surface area (Å²) in [5.41, 5.74) is 1.32. The first kappa shape index (κ1) is 12.6. The molecule has 0 radical (unpaired) electrons. The molecule has 0 saturated carbocycles. The van der Waals surface area contributed by atoms with E-state index < -0.39 is 0 Å². The van der Waals surface area contributed by atoms with Crippen LogP contribution in [0.2, 0.25) is 0 Å². The SMILES string of the molecule is Cc1ccccc1.[Zr].[Zr]. The molecule has 0 amide bonds. The molecular formula is C7H8Zr2. The summed E-state index contributed by atoms with van der Waals surface area (Å²) in [6, 6.07) is 10.3. The van der Waals surface area contributed by atoms with E-state index in [0.717, 1.165) is 0 Å². The molecule has 0 spiro atoms. The molecule has 0 aliphatic carbocycles. The van der Waals surface area contributed by atoms with Gasteiger partial charge in [-0.25, -0.2) is 0 Å². The van der Waals surface area contributed by atoms with Crippen LogP contribution in [0.15, 0.2) is 30.3 Å². The maximum Gasteiger partial charge on any atom is 0 e. The van der Waals surface area contributed by atoms with Crippen LogP contribution in [-0.2, 0) is 52.4 Å². The monoisotopic (exact) mass is 272 g/mol. The van der Waals surface area contributed by atoms with Crippen LogP contribution in [0.4, 0.5) is 0 Å². The third kappa shape index (κ3) is 5.43. The van der Waals surface area contributed by atoms with Crippen LogP contribution in [0.25, 0.3) is 0 Å². The minimum atomic E-state index is 0. The second-order valence-corrected chi connectivity index (χ2v) is 1.65. The summed E-state index contributed by atoms with van der Waals surface area (Å²) in [5, 5.41) is 0. The summed E-state index contributed by atoms with van der Waals surface area (Å²) in [6.45, 7) is 2.08. The van der Waals surface area contributed by atoms with Crippen molar-refractivity contribution >= 4 is 0 Å². The van der Waals surface area contributed by atoms with Gasteiger partial charge >= 0.3 is 0 Å². The van der Waals surface area contributed by atoms with Crippen LogP contribution < -0.4 is 0 Å². The van der Waals surface area contributed by atoms with Gasteiger partial charge in [0.1, 0.15) is 0 Å². The van der Waals surface area contributed by atoms with E-state index in [1.165, 1.54) is 5.56 Å². The average Bonchev–Trinajstić information content (AvgIpc) is 1.69. The minimum absolute atomic E-state index is 0. The topological polar surface area (TPSA) is 0 Å². The van der Waals surface area contributed by atoms with Gasteiger partial charge in [0.15, 0.2) is 0 Å². The molecule has 1 aromatic carbocycles. The molecule has 0 atom stereocenters. The Hall–Kier alpha value is 0.986. The van der Waals surface area contributed by atoms with Gasteiger partial charge in [-0.1, -0.05) is 35.9 Å². The molecule has 0 aromatic heterocycles. The van der Waals surface area contributed by atoms with Crippen molar-refractivity contribution in [2.24, 2.45) is 0 Å². The van der Waals surface area contributed by atoms with Crippen LogP contribution in [0, 0.1) is 6.92 Å². The quantitative estimate of drug-likeness (QED) is 0.679. The number of rotatable bonds is 0. The van der Waals surface area contributed by atoms with Crippen LogP contribution in [0.3, 0.4) is 0 Å². The first-order valence-electron chi connectivity index (χ1n) is 2.41. The minimum Gasteiger partial charge on any atom is -0.0622 e. The Morgan fingerprint density at radius 1 is 0.889 bits per heavy atom. The molecule has 9 heavy (non-hydrogen) atoms. The fourth-order valence-electron chi connectivity index (χ4n) is 0.534. The third-order valence-electron chi connectivity index (χ3n) is 0.940. The molecule has 0 saturated heterocycles.